The fourth-order valence-electron chi connectivity index (χ4n) is 16.9. The molecule has 3 aliphatic rings. The van der Waals surface area contributed by atoms with E-state index in [4.69, 9.17) is 0 Å². The number of phenols is 3. The van der Waals surface area contributed by atoms with Gasteiger partial charge in [-0.3, -0.25) is 0 Å². The van der Waals surface area contributed by atoms with Gasteiger partial charge in [0, 0.05) is 0 Å². The summed E-state index contributed by atoms with van der Waals surface area (Å²) in [5, 5.41) is 37.6. The van der Waals surface area contributed by atoms with Crippen molar-refractivity contribution in [2.75, 3.05) is 0 Å². The summed E-state index contributed by atoms with van der Waals surface area (Å²) < 4.78 is 0. The summed E-state index contributed by atoms with van der Waals surface area (Å²) >= 11 is 0. The molecule has 3 aliphatic carbocycles. The van der Waals surface area contributed by atoms with Crippen LogP contribution < -0.4 is 0 Å². The Morgan fingerprint density at radius 3 is 0.655 bits per heavy atom. The van der Waals surface area contributed by atoms with Gasteiger partial charge in [0.05, 0.1) is 0 Å². The van der Waals surface area contributed by atoms with E-state index in [2.05, 4.69) is 223 Å². The maximum Gasteiger partial charge on any atom is 0.123 e. The first-order valence-electron chi connectivity index (χ1n) is 34.2. The third-order valence-electron chi connectivity index (χ3n) is 21.6. The molecular formula is C81H126O3. The van der Waals surface area contributed by atoms with Gasteiger partial charge in [0.15, 0.2) is 0 Å². The lowest BCUT2D eigenvalue weighted by atomic mass is 9.58. The summed E-state index contributed by atoms with van der Waals surface area (Å²) in [7, 11) is 0. The molecule has 9 atom stereocenters. The highest BCUT2D eigenvalue weighted by Gasteiger charge is 2.45. The molecule has 0 radical (unpaired) electrons. The fourth-order valence-corrected chi connectivity index (χ4v) is 16.9. The molecule has 9 unspecified atom stereocenters. The number of aromatic hydroxyl groups is 3. The molecule has 468 valence electrons. The molecular weight excluding hydrogens is 1020 g/mol. The maximum absolute atomic E-state index is 12.5. The normalized spacial score (nSPS) is 24.4. The lowest BCUT2D eigenvalue weighted by Gasteiger charge is -2.47. The molecule has 84 heavy (non-hydrogen) atoms. The van der Waals surface area contributed by atoms with Crippen LogP contribution in [0.25, 0.3) is 0 Å². The van der Waals surface area contributed by atoms with Gasteiger partial charge in [0.25, 0.3) is 0 Å². The van der Waals surface area contributed by atoms with E-state index in [0.29, 0.717) is 88.3 Å². The number of rotatable bonds is 12. The van der Waals surface area contributed by atoms with Crippen LogP contribution in [0.3, 0.4) is 0 Å². The predicted octanol–water partition coefficient (Wildman–Crippen LogP) is 22.9. The van der Waals surface area contributed by atoms with Crippen LogP contribution in [0.15, 0.2) is 36.4 Å². The van der Waals surface area contributed by atoms with E-state index in [0.717, 1.165) is 52.6 Å². The summed E-state index contributed by atoms with van der Waals surface area (Å²) in [5.74, 6) is 7.34. The molecule has 0 spiro atoms. The van der Waals surface area contributed by atoms with Crippen LogP contribution in [-0.2, 0) is 51.8 Å². The van der Waals surface area contributed by atoms with E-state index in [9.17, 15) is 15.3 Å². The van der Waals surface area contributed by atoms with E-state index >= 15 is 0 Å². The number of benzene rings is 4. The minimum absolute atomic E-state index is 0.276. The molecule has 4 aromatic rings. The van der Waals surface area contributed by atoms with Gasteiger partial charge in [-0.1, -0.05) is 243 Å². The first-order valence-corrected chi connectivity index (χ1v) is 34.2. The molecule has 3 heteroatoms. The average Bonchev–Trinajstić information content (AvgIpc) is 0.795. The lowest BCUT2D eigenvalue weighted by molar-refractivity contribution is 0.186. The molecule has 4 aromatic carbocycles. The number of phenolic OH excluding ortho intramolecular Hbond substituents is 3. The Morgan fingerprint density at radius 1 is 0.321 bits per heavy atom. The van der Waals surface area contributed by atoms with Gasteiger partial charge in [-0.2, -0.15) is 0 Å². The van der Waals surface area contributed by atoms with E-state index in [-0.39, 0.29) is 32.5 Å². The van der Waals surface area contributed by atoms with Crippen molar-refractivity contribution < 1.29 is 15.3 Å². The molecule has 0 bridgehead atoms. The van der Waals surface area contributed by atoms with Crippen LogP contribution in [0.5, 0.6) is 17.2 Å². The second-order valence-corrected chi connectivity index (χ2v) is 36.1. The van der Waals surface area contributed by atoms with Crippen LogP contribution in [0.1, 0.15) is 346 Å². The monoisotopic (exact) mass is 1150 g/mol. The van der Waals surface area contributed by atoms with E-state index in [1.807, 2.05) is 0 Å². The van der Waals surface area contributed by atoms with Gasteiger partial charge >= 0.3 is 0 Å². The van der Waals surface area contributed by atoms with Crippen molar-refractivity contribution in [3.63, 3.8) is 0 Å². The maximum atomic E-state index is 12.5. The van der Waals surface area contributed by atoms with E-state index < -0.39 is 0 Å². The molecule has 0 saturated heterocycles. The second-order valence-electron chi connectivity index (χ2n) is 36.1. The minimum Gasteiger partial charge on any atom is -0.507 e. The van der Waals surface area contributed by atoms with Crippen LogP contribution in [0, 0.1) is 53.3 Å². The Balaban J connectivity index is 1.88. The molecule has 3 fully saturated rings. The minimum atomic E-state index is -0.276. The van der Waals surface area contributed by atoms with Crippen molar-refractivity contribution in [2.45, 2.75) is 314 Å². The Labute approximate surface area is 517 Å². The molecule has 0 aromatic heterocycles. The largest absolute Gasteiger partial charge is 0.507 e. The van der Waals surface area contributed by atoms with Gasteiger partial charge in [0.1, 0.15) is 17.2 Å². The topological polar surface area (TPSA) is 60.7 Å². The highest BCUT2D eigenvalue weighted by molar-refractivity contribution is 5.63. The van der Waals surface area contributed by atoms with E-state index in [1.165, 1.54) is 74.5 Å². The Hall–Kier alpha value is -3.72. The van der Waals surface area contributed by atoms with Crippen LogP contribution >= 0.6 is 0 Å². The third kappa shape index (κ3) is 14.5. The van der Waals surface area contributed by atoms with Crippen molar-refractivity contribution in [1.29, 1.82) is 0 Å². The van der Waals surface area contributed by atoms with Crippen LogP contribution in [-0.4, -0.2) is 15.3 Å². The zero-order valence-electron chi connectivity index (χ0n) is 59.2. The van der Waals surface area contributed by atoms with E-state index in [1.54, 1.807) is 33.4 Å². The Bertz CT molecular complexity index is 2500. The first-order chi connectivity index (χ1) is 38.4. The smallest absolute Gasteiger partial charge is 0.123 e. The SMILES string of the molecule is CC1CCC(C(C)C)C(c2c(Cc3cc(C(C)(C)C)c(O)c(C(C)(C)C)c3)c(C3CC(C)CCC3C(C)C)c(Cc3cc(C(C)(C)C)c(O)c(C(C)(C)C)c3)c(C3CC(C)CCC3C(C)C)c2Cc2cc(C(C)(C)C)c(O)c(C(C)(C)C)c2)C1. The average molecular weight is 1150 g/mol. The fraction of sp³-hybridized carbons (Fsp3) is 0.704. The van der Waals surface area contributed by atoms with Gasteiger partial charge < -0.3 is 15.3 Å². The molecule has 3 nitrogen and oxygen atoms in total. The summed E-state index contributed by atoms with van der Waals surface area (Å²) in [6.45, 7) is 64.1. The Kier molecular flexibility index (Phi) is 19.9. The predicted molar refractivity (Wildman–Crippen MR) is 364 cm³/mol. The molecule has 7 rings (SSSR count). The standard InChI is InChI=1S/C81H126O3/c1-46(2)55-31-28-49(7)34-58(55)70-61(37-52-40-64(76(10,11)12)73(82)65(41-52)77(13,14)15)71(59-35-50(8)29-32-56(59)47(3)4)63(39-54-44-68(80(22,23)24)75(84)69(45-54)81(25,26)27)72(60-36-51(9)30-33-57(60)48(5)6)62(70)38-53-42-66(78(16,17)18)74(83)67(43-53)79(19,20)21/h40-51,55-60,82-84H,28-39H2,1-27H3. The van der Waals surface area contributed by atoms with Crippen molar-refractivity contribution in [2.24, 2.45) is 53.3 Å². The lowest BCUT2D eigenvalue weighted by Crippen LogP contribution is -2.34. The third-order valence-corrected chi connectivity index (χ3v) is 21.6. The molecule has 0 amide bonds. The van der Waals surface area contributed by atoms with Crippen molar-refractivity contribution in [3.8, 4) is 17.2 Å². The summed E-state index contributed by atoms with van der Waals surface area (Å²) in [6.07, 6.45) is 13.5. The van der Waals surface area contributed by atoms with Gasteiger partial charge in [-0.05, 0) is 245 Å². The zero-order valence-corrected chi connectivity index (χ0v) is 59.2. The Morgan fingerprint density at radius 2 is 0.500 bits per heavy atom. The molecule has 0 heterocycles. The van der Waals surface area contributed by atoms with Gasteiger partial charge in [-0.15, -0.1) is 0 Å². The molecule has 3 N–H and O–H groups in total. The quantitative estimate of drug-likeness (QED) is 0.132. The van der Waals surface area contributed by atoms with Gasteiger partial charge in [0.2, 0.25) is 0 Å². The number of hydrogen-bond acceptors (Lipinski definition) is 3. The van der Waals surface area contributed by atoms with Crippen molar-refractivity contribution >= 4 is 0 Å². The zero-order chi connectivity index (χ0) is 63.0. The van der Waals surface area contributed by atoms with Crippen LogP contribution in [0.4, 0.5) is 0 Å². The van der Waals surface area contributed by atoms with Crippen molar-refractivity contribution in [3.05, 3.63) is 120 Å². The summed E-state index contributed by atoms with van der Waals surface area (Å²) in [6, 6.07) is 14.6. The molecule has 3 saturated carbocycles. The summed E-state index contributed by atoms with van der Waals surface area (Å²) in [5.41, 5.74) is 18.4. The first kappa shape index (κ1) is 67.8. The highest BCUT2D eigenvalue weighted by atomic mass is 16.3. The molecule has 0 aliphatic heterocycles. The number of hydrogen-bond donors (Lipinski definition) is 3. The second kappa shape index (κ2) is 24.7. The van der Waals surface area contributed by atoms with Crippen molar-refractivity contribution in [1.82, 2.24) is 0 Å². The summed E-state index contributed by atoms with van der Waals surface area (Å²) in [4.78, 5) is 0. The highest BCUT2D eigenvalue weighted by Crippen LogP contribution is 2.58. The van der Waals surface area contributed by atoms with Crippen LogP contribution in [0.2, 0.25) is 0 Å². The van der Waals surface area contributed by atoms with Gasteiger partial charge in [-0.25, -0.2) is 0 Å².